The van der Waals surface area contributed by atoms with Crippen LogP contribution in [0.1, 0.15) is 34.7 Å². The Hall–Kier alpha value is -3.57. The third kappa shape index (κ3) is 6.59. The molecule has 0 unspecified atom stereocenters. The first-order valence-electron chi connectivity index (χ1n) is 14.3. The van der Waals surface area contributed by atoms with Gasteiger partial charge in [-0.05, 0) is 79.2 Å². The zero-order valence-corrected chi connectivity index (χ0v) is 24.1. The van der Waals surface area contributed by atoms with Crippen molar-refractivity contribution in [3.63, 3.8) is 0 Å². The highest BCUT2D eigenvalue weighted by atomic mass is 16.5. The zero-order chi connectivity index (χ0) is 27.9. The minimum Gasteiger partial charge on any atom is -0.497 e. The fourth-order valence-electron chi connectivity index (χ4n) is 5.93. The minimum atomic E-state index is 0.151. The van der Waals surface area contributed by atoms with Gasteiger partial charge in [-0.15, -0.1) is 0 Å². The van der Waals surface area contributed by atoms with Crippen molar-refractivity contribution in [2.24, 2.45) is 0 Å². The number of anilines is 1. The maximum atomic E-state index is 9.86. The highest BCUT2D eigenvalue weighted by Gasteiger charge is 2.27. The molecule has 210 valence electrons. The molecule has 2 aliphatic heterocycles. The van der Waals surface area contributed by atoms with Crippen molar-refractivity contribution >= 4 is 5.69 Å². The van der Waals surface area contributed by atoms with Crippen molar-refractivity contribution in [3.05, 3.63) is 89.0 Å². The number of hydrogen-bond donors (Lipinski definition) is 0. The molecule has 2 fully saturated rings. The van der Waals surface area contributed by atoms with Crippen LogP contribution in [0.5, 0.6) is 11.5 Å². The second kappa shape index (κ2) is 13.2. The van der Waals surface area contributed by atoms with Gasteiger partial charge in [-0.25, -0.2) is 0 Å². The molecule has 0 aliphatic carbocycles. The molecule has 0 saturated carbocycles. The lowest BCUT2D eigenvalue weighted by Gasteiger charge is -2.40. The average Bonchev–Trinajstić information content (AvgIpc) is 3.23. The molecule has 40 heavy (non-hydrogen) atoms. The summed E-state index contributed by atoms with van der Waals surface area (Å²) in [6.07, 6.45) is 1.16. The van der Waals surface area contributed by atoms with Gasteiger partial charge < -0.3 is 19.3 Å². The lowest BCUT2D eigenvalue weighted by atomic mass is 9.96. The quantitative estimate of drug-likeness (QED) is 0.414. The molecular weight excluding hydrogens is 498 g/mol. The van der Waals surface area contributed by atoms with Crippen LogP contribution < -0.4 is 14.4 Å². The van der Waals surface area contributed by atoms with Crippen molar-refractivity contribution < 1.29 is 9.47 Å². The topological polar surface area (TPSA) is 55.2 Å². The van der Waals surface area contributed by atoms with Crippen LogP contribution in [0.2, 0.25) is 0 Å². The summed E-state index contributed by atoms with van der Waals surface area (Å²) in [6.45, 7) is 8.89. The number of benzene rings is 3. The van der Waals surface area contributed by atoms with E-state index in [4.69, 9.17) is 9.47 Å². The normalized spacial score (nSPS) is 17.4. The van der Waals surface area contributed by atoms with E-state index in [1.807, 2.05) is 30.3 Å². The molecule has 0 aromatic heterocycles. The molecule has 2 aliphatic rings. The van der Waals surface area contributed by atoms with E-state index >= 15 is 0 Å². The predicted octanol–water partition coefficient (Wildman–Crippen LogP) is 4.62. The maximum absolute atomic E-state index is 9.86. The van der Waals surface area contributed by atoms with Crippen LogP contribution in [0.4, 0.5) is 5.69 Å². The van der Waals surface area contributed by atoms with E-state index in [0.717, 1.165) is 87.9 Å². The molecule has 0 atom stereocenters. The molecule has 7 nitrogen and oxygen atoms in total. The summed E-state index contributed by atoms with van der Waals surface area (Å²) >= 11 is 0. The molecule has 0 radical (unpaired) electrons. The van der Waals surface area contributed by atoms with Gasteiger partial charge in [0.2, 0.25) is 0 Å². The number of rotatable bonds is 8. The zero-order valence-electron chi connectivity index (χ0n) is 24.1. The molecule has 0 N–H and O–H groups in total. The highest BCUT2D eigenvalue weighted by molar-refractivity contribution is 5.54. The monoisotopic (exact) mass is 539 g/mol. The molecule has 3 aromatic rings. The molecule has 0 spiro atoms. The van der Waals surface area contributed by atoms with Crippen LogP contribution in [0.3, 0.4) is 0 Å². The highest BCUT2D eigenvalue weighted by Crippen LogP contribution is 2.32. The molecule has 2 saturated heterocycles. The Balaban J connectivity index is 1.30. The van der Waals surface area contributed by atoms with Gasteiger partial charge in [0.15, 0.2) is 0 Å². The number of likely N-dealkylation sites (N-methyl/N-ethyl adjacent to an activating group) is 1. The summed E-state index contributed by atoms with van der Waals surface area (Å²) in [6, 6.07) is 25.8. The standard InChI is InChI=1S/C33H41N5O2/c1-35-15-4-16-37(20-17-35)30-10-5-28(24-34)29(23-30)25-36-18-21-38(22-19-36)33(26-6-11-31(39-2)12-7-26)27-8-13-32(40-3)14-9-27/h5-14,23,33H,4,15-22,25H2,1-3H3. The summed E-state index contributed by atoms with van der Waals surface area (Å²) in [5.41, 5.74) is 5.66. The van der Waals surface area contributed by atoms with Crippen molar-refractivity contribution in [2.75, 3.05) is 78.5 Å². The van der Waals surface area contributed by atoms with Crippen LogP contribution in [0, 0.1) is 11.3 Å². The van der Waals surface area contributed by atoms with E-state index in [1.54, 1.807) is 14.2 Å². The van der Waals surface area contributed by atoms with Gasteiger partial charge in [-0.1, -0.05) is 24.3 Å². The van der Waals surface area contributed by atoms with Crippen molar-refractivity contribution in [3.8, 4) is 17.6 Å². The molecule has 3 aromatic carbocycles. The second-order valence-corrected chi connectivity index (χ2v) is 10.9. The predicted molar refractivity (Wildman–Crippen MR) is 160 cm³/mol. The van der Waals surface area contributed by atoms with Gasteiger partial charge in [-0.3, -0.25) is 9.80 Å². The minimum absolute atomic E-state index is 0.151. The van der Waals surface area contributed by atoms with Crippen LogP contribution in [-0.4, -0.2) is 88.3 Å². The summed E-state index contributed by atoms with van der Waals surface area (Å²) in [5.74, 6) is 1.73. The van der Waals surface area contributed by atoms with Gasteiger partial charge in [0, 0.05) is 58.0 Å². The van der Waals surface area contributed by atoms with Gasteiger partial charge in [0.1, 0.15) is 11.5 Å². The van der Waals surface area contributed by atoms with Gasteiger partial charge in [-0.2, -0.15) is 5.26 Å². The van der Waals surface area contributed by atoms with Crippen LogP contribution >= 0.6 is 0 Å². The second-order valence-electron chi connectivity index (χ2n) is 10.9. The number of piperazine rings is 1. The Morgan fingerprint density at radius 2 is 1.38 bits per heavy atom. The summed E-state index contributed by atoms with van der Waals surface area (Å²) < 4.78 is 10.8. The molecular formula is C33H41N5O2. The number of hydrogen-bond acceptors (Lipinski definition) is 7. The fraction of sp³-hybridized carbons (Fsp3) is 0.424. The lowest BCUT2D eigenvalue weighted by Crippen LogP contribution is -2.47. The van der Waals surface area contributed by atoms with Crippen LogP contribution in [0.15, 0.2) is 66.7 Å². The first-order valence-corrected chi connectivity index (χ1v) is 14.3. The van der Waals surface area contributed by atoms with Crippen LogP contribution in [0.25, 0.3) is 0 Å². The number of methoxy groups -OCH3 is 2. The molecule has 5 rings (SSSR count). The Morgan fingerprint density at radius 1 is 0.750 bits per heavy atom. The SMILES string of the molecule is COc1ccc(C(c2ccc(OC)cc2)N2CCN(Cc3cc(N4CCCN(C)CC4)ccc3C#N)CC2)cc1. The Labute approximate surface area is 239 Å². The summed E-state index contributed by atoms with van der Waals surface area (Å²) in [4.78, 5) is 9.93. The van der Waals surface area contributed by atoms with E-state index in [1.165, 1.54) is 16.8 Å². The first kappa shape index (κ1) is 28.0. The van der Waals surface area contributed by atoms with Gasteiger partial charge in [0.25, 0.3) is 0 Å². The molecule has 7 heteroatoms. The molecule has 0 bridgehead atoms. The number of nitrogens with zero attached hydrogens (tertiary/aromatic N) is 5. The largest absolute Gasteiger partial charge is 0.497 e. The number of nitriles is 1. The Morgan fingerprint density at radius 3 is 1.95 bits per heavy atom. The summed E-state index contributed by atoms with van der Waals surface area (Å²) in [5, 5.41) is 9.86. The molecule has 2 heterocycles. The Kier molecular flexibility index (Phi) is 9.22. The smallest absolute Gasteiger partial charge is 0.118 e. The van der Waals surface area contributed by atoms with Gasteiger partial charge >= 0.3 is 0 Å². The van der Waals surface area contributed by atoms with E-state index in [2.05, 4.69) is 69.1 Å². The Bertz CT molecular complexity index is 1230. The van der Waals surface area contributed by atoms with Gasteiger partial charge in [0.05, 0.1) is 31.9 Å². The van der Waals surface area contributed by atoms with E-state index in [0.29, 0.717) is 0 Å². The maximum Gasteiger partial charge on any atom is 0.118 e. The van der Waals surface area contributed by atoms with Crippen molar-refractivity contribution in [2.45, 2.75) is 19.0 Å². The van der Waals surface area contributed by atoms with E-state index in [9.17, 15) is 5.26 Å². The third-order valence-electron chi connectivity index (χ3n) is 8.32. The average molecular weight is 540 g/mol. The molecule has 0 amide bonds. The fourth-order valence-corrected chi connectivity index (χ4v) is 5.93. The van der Waals surface area contributed by atoms with E-state index < -0.39 is 0 Å². The van der Waals surface area contributed by atoms with Crippen LogP contribution in [-0.2, 0) is 6.54 Å². The lowest BCUT2D eigenvalue weighted by molar-refractivity contribution is 0.105. The number of ether oxygens (including phenoxy) is 2. The first-order chi connectivity index (χ1) is 19.6. The van der Waals surface area contributed by atoms with Crippen molar-refractivity contribution in [1.29, 1.82) is 5.26 Å². The summed E-state index contributed by atoms with van der Waals surface area (Å²) in [7, 11) is 5.60. The van der Waals surface area contributed by atoms with Crippen molar-refractivity contribution in [1.82, 2.24) is 14.7 Å². The third-order valence-corrected chi connectivity index (χ3v) is 8.32. The van der Waals surface area contributed by atoms with E-state index in [-0.39, 0.29) is 6.04 Å².